The van der Waals surface area contributed by atoms with Crippen molar-refractivity contribution in [3.63, 3.8) is 0 Å². The first-order valence-electron chi connectivity index (χ1n) is 5.71. The molecule has 1 N–H and O–H groups in total. The lowest BCUT2D eigenvalue weighted by atomic mass is 10.1. The Labute approximate surface area is 115 Å². The lowest BCUT2D eigenvalue weighted by Crippen LogP contribution is -2.22. The Kier molecular flexibility index (Phi) is 4.12. The number of halogens is 2. The third-order valence-electron chi connectivity index (χ3n) is 2.68. The molecule has 0 saturated heterocycles. The third-order valence-corrected chi connectivity index (χ3v) is 2.90. The van der Waals surface area contributed by atoms with Crippen molar-refractivity contribution in [2.75, 3.05) is 0 Å². The minimum atomic E-state index is -0.278. The molecule has 1 aromatic heterocycles. The van der Waals surface area contributed by atoms with Gasteiger partial charge in [0.2, 0.25) is 0 Å². The third kappa shape index (κ3) is 3.51. The van der Waals surface area contributed by atoms with Gasteiger partial charge in [-0.1, -0.05) is 23.7 Å². The second kappa shape index (κ2) is 5.80. The molecule has 2 aromatic rings. The number of hydrogen-bond donors (Lipinski definition) is 1. The predicted octanol–water partition coefficient (Wildman–Crippen LogP) is 3.11. The van der Waals surface area contributed by atoms with Gasteiger partial charge in [0.05, 0.1) is 5.56 Å². The molecule has 0 aliphatic rings. The molecular formula is C14H12ClFN2O. The van der Waals surface area contributed by atoms with Crippen molar-refractivity contribution in [3.05, 3.63) is 64.2 Å². The smallest absolute Gasteiger partial charge is 0.253 e. The summed E-state index contributed by atoms with van der Waals surface area (Å²) in [5.41, 5.74) is 1.70. The summed E-state index contributed by atoms with van der Waals surface area (Å²) < 4.78 is 13.3. The quantitative estimate of drug-likeness (QED) is 0.877. The Hall–Kier alpha value is -1.94. The van der Waals surface area contributed by atoms with Crippen LogP contribution in [0.4, 0.5) is 4.39 Å². The van der Waals surface area contributed by atoms with Crippen molar-refractivity contribution in [1.29, 1.82) is 0 Å². The van der Waals surface area contributed by atoms with Gasteiger partial charge >= 0.3 is 0 Å². The highest BCUT2D eigenvalue weighted by Gasteiger charge is 2.06. The molecule has 0 saturated carbocycles. The van der Waals surface area contributed by atoms with Gasteiger partial charge < -0.3 is 5.32 Å². The van der Waals surface area contributed by atoms with Crippen LogP contribution in [0.3, 0.4) is 0 Å². The fourth-order valence-electron chi connectivity index (χ4n) is 1.54. The first kappa shape index (κ1) is 13.5. The topological polar surface area (TPSA) is 42.0 Å². The van der Waals surface area contributed by atoms with Crippen molar-refractivity contribution in [1.82, 2.24) is 10.3 Å². The second-order valence-electron chi connectivity index (χ2n) is 4.14. The molecule has 0 spiro atoms. The largest absolute Gasteiger partial charge is 0.348 e. The lowest BCUT2D eigenvalue weighted by molar-refractivity contribution is 0.0950. The standard InChI is InChI=1S/C14H12ClFN2O/c1-9-2-3-10(6-12(9)16)7-18-14(19)11-4-5-13(15)17-8-11/h2-6,8H,7H2,1H3,(H,18,19). The van der Waals surface area contributed by atoms with E-state index in [9.17, 15) is 9.18 Å². The van der Waals surface area contributed by atoms with Crippen molar-refractivity contribution >= 4 is 17.5 Å². The highest BCUT2D eigenvalue weighted by Crippen LogP contribution is 2.09. The lowest BCUT2D eigenvalue weighted by Gasteiger charge is -2.06. The van der Waals surface area contributed by atoms with Crippen molar-refractivity contribution < 1.29 is 9.18 Å². The van der Waals surface area contributed by atoms with Crippen LogP contribution in [0.1, 0.15) is 21.5 Å². The zero-order valence-electron chi connectivity index (χ0n) is 10.3. The number of rotatable bonds is 3. The van der Waals surface area contributed by atoms with Crippen LogP contribution in [0.15, 0.2) is 36.5 Å². The van der Waals surface area contributed by atoms with Gasteiger partial charge in [-0.25, -0.2) is 9.37 Å². The normalized spacial score (nSPS) is 10.3. The number of amides is 1. The van der Waals surface area contributed by atoms with Gasteiger partial charge in [-0.3, -0.25) is 4.79 Å². The second-order valence-corrected chi connectivity index (χ2v) is 4.52. The predicted molar refractivity (Wildman–Crippen MR) is 71.6 cm³/mol. The van der Waals surface area contributed by atoms with E-state index in [-0.39, 0.29) is 18.3 Å². The number of hydrogen-bond acceptors (Lipinski definition) is 2. The van der Waals surface area contributed by atoms with Gasteiger partial charge in [-0.15, -0.1) is 0 Å². The number of nitrogens with one attached hydrogen (secondary N) is 1. The van der Waals surface area contributed by atoms with Crippen LogP contribution in [-0.2, 0) is 6.54 Å². The summed E-state index contributed by atoms with van der Waals surface area (Å²) in [6.07, 6.45) is 1.40. The maximum Gasteiger partial charge on any atom is 0.253 e. The minimum Gasteiger partial charge on any atom is -0.348 e. The zero-order valence-corrected chi connectivity index (χ0v) is 11.0. The average Bonchev–Trinajstić information content (AvgIpc) is 2.40. The fraction of sp³-hybridized carbons (Fsp3) is 0.143. The number of carbonyl (C=O) groups is 1. The molecule has 0 aliphatic carbocycles. The van der Waals surface area contributed by atoms with E-state index >= 15 is 0 Å². The van der Waals surface area contributed by atoms with Gasteiger partial charge in [0.25, 0.3) is 5.91 Å². The Balaban J connectivity index is 2.00. The summed E-state index contributed by atoms with van der Waals surface area (Å²) in [5.74, 6) is -0.551. The Morgan fingerprint density at radius 2 is 2.16 bits per heavy atom. The number of aryl methyl sites for hydroxylation is 1. The van der Waals surface area contributed by atoms with Gasteiger partial charge in [0, 0.05) is 12.7 Å². The minimum absolute atomic E-state index is 0.263. The number of nitrogens with zero attached hydrogens (tertiary/aromatic N) is 1. The average molecular weight is 279 g/mol. The van der Waals surface area contributed by atoms with Gasteiger partial charge in [-0.2, -0.15) is 0 Å². The van der Waals surface area contributed by atoms with Crippen LogP contribution in [0.5, 0.6) is 0 Å². The molecule has 0 fully saturated rings. The summed E-state index contributed by atoms with van der Waals surface area (Å²) in [6, 6.07) is 8.00. The first-order valence-corrected chi connectivity index (χ1v) is 6.09. The van der Waals surface area contributed by atoms with E-state index in [4.69, 9.17) is 11.6 Å². The molecule has 0 bridgehead atoms. The highest BCUT2D eigenvalue weighted by molar-refractivity contribution is 6.29. The molecule has 3 nitrogen and oxygen atoms in total. The number of benzene rings is 1. The van der Waals surface area contributed by atoms with Crippen molar-refractivity contribution in [2.45, 2.75) is 13.5 Å². The highest BCUT2D eigenvalue weighted by atomic mass is 35.5. The van der Waals surface area contributed by atoms with Crippen LogP contribution in [-0.4, -0.2) is 10.9 Å². The maximum absolute atomic E-state index is 13.3. The van der Waals surface area contributed by atoms with Crippen LogP contribution < -0.4 is 5.32 Å². The summed E-state index contributed by atoms with van der Waals surface area (Å²) in [5, 5.41) is 3.02. The van der Waals surface area contributed by atoms with Gasteiger partial charge in [-0.05, 0) is 36.2 Å². The van der Waals surface area contributed by atoms with Crippen LogP contribution in [0.25, 0.3) is 0 Å². The summed E-state index contributed by atoms with van der Waals surface area (Å²) in [4.78, 5) is 15.6. The Morgan fingerprint density at radius 1 is 1.37 bits per heavy atom. The van der Waals surface area contributed by atoms with Crippen LogP contribution in [0.2, 0.25) is 5.15 Å². The molecule has 1 aromatic carbocycles. The zero-order chi connectivity index (χ0) is 13.8. The number of aromatic nitrogens is 1. The Morgan fingerprint density at radius 3 is 2.79 bits per heavy atom. The first-order chi connectivity index (χ1) is 9.06. The number of carbonyl (C=O) groups excluding carboxylic acids is 1. The van der Waals surface area contributed by atoms with Gasteiger partial charge in [0.1, 0.15) is 11.0 Å². The monoisotopic (exact) mass is 278 g/mol. The SMILES string of the molecule is Cc1ccc(CNC(=O)c2ccc(Cl)nc2)cc1F. The summed E-state index contributed by atoms with van der Waals surface area (Å²) in [7, 11) is 0. The van der Waals surface area contributed by atoms with Crippen LogP contribution >= 0.6 is 11.6 Å². The van der Waals surface area contributed by atoms with E-state index in [1.54, 1.807) is 31.2 Å². The summed E-state index contributed by atoms with van der Waals surface area (Å²) >= 11 is 5.64. The molecule has 1 heterocycles. The fourth-order valence-corrected chi connectivity index (χ4v) is 1.65. The Bertz CT molecular complexity index is 599. The van der Waals surface area contributed by atoms with Crippen molar-refractivity contribution in [2.24, 2.45) is 0 Å². The molecule has 0 unspecified atom stereocenters. The van der Waals surface area contributed by atoms with E-state index in [1.807, 2.05) is 0 Å². The maximum atomic E-state index is 13.3. The van der Waals surface area contributed by atoms with Crippen molar-refractivity contribution in [3.8, 4) is 0 Å². The summed E-state index contributed by atoms with van der Waals surface area (Å²) in [6.45, 7) is 1.95. The molecule has 1 amide bonds. The molecule has 0 aliphatic heterocycles. The number of pyridine rings is 1. The van der Waals surface area contributed by atoms with E-state index < -0.39 is 0 Å². The van der Waals surface area contributed by atoms with E-state index in [0.717, 1.165) is 0 Å². The molecular weight excluding hydrogens is 267 g/mol. The molecule has 19 heavy (non-hydrogen) atoms. The van der Waals surface area contributed by atoms with Crippen LogP contribution in [0, 0.1) is 12.7 Å². The van der Waals surface area contributed by atoms with Gasteiger partial charge in [0.15, 0.2) is 0 Å². The van der Waals surface area contributed by atoms with E-state index in [0.29, 0.717) is 21.8 Å². The van der Waals surface area contributed by atoms with E-state index in [2.05, 4.69) is 10.3 Å². The molecule has 98 valence electrons. The van der Waals surface area contributed by atoms with E-state index in [1.165, 1.54) is 12.3 Å². The molecule has 0 atom stereocenters. The molecule has 5 heteroatoms. The molecule has 2 rings (SSSR count). The molecule has 0 radical (unpaired) electrons.